The van der Waals surface area contributed by atoms with E-state index in [0.29, 0.717) is 17.1 Å². The molecule has 1 aromatic rings. The molecule has 102 valence electrons. The summed E-state index contributed by atoms with van der Waals surface area (Å²) in [5, 5.41) is 5.32. The second-order valence-electron chi connectivity index (χ2n) is 4.29. The first-order valence-corrected chi connectivity index (χ1v) is 5.90. The van der Waals surface area contributed by atoms with Gasteiger partial charge in [0, 0.05) is 0 Å². The molecular weight excluding hydrogens is 248 g/mol. The van der Waals surface area contributed by atoms with Gasteiger partial charge in [-0.3, -0.25) is 9.59 Å². The normalized spacial score (nSPS) is 21.1. The monoisotopic (exact) mass is 264 g/mol. The number of β-lactam (4-membered cyclic amide) rings is 1. The van der Waals surface area contributed by atoms with E-state index in [2.05, 4.69) is 10.6 Å². The Morgan fingerprint density at radius 3 is 2.26 bits per heavy atom. The molecule has 0 aromatic heterocycles. The lowest BCUT2D eigenvalue weighted by Gasteiger charge is -2.34. The second kappa shape index (κ2) is 5.17. The number of nitrogens with one attached hydrogen (secondary N) is 2. The van der Waals surface area contributed by atoms with Crippen molar-refractivity contribution in [2.45, 2.75) is 19.0 Å². The number of methoxy groups -OCH3 is 2. The summed E-state index contributed by atoms with van der Waals surface area (Å²) in [5.74, 6) is 0.240. The minimum Gasteiger partial charge on any atom is -0.496 e. The van der Waals surface area contributed by atoms with Crippen LogP contribution in [0.15, 0.2) is 18.2 Å². The van der Waals surface area contributed by atoms with Gasteiger partial charge in [0.25, 0.3) is 5.91 Å². The highest BCUT2D eigenvalue weighted by Gasteiger charge is 2.37. The van der Waals surface area contributed by atoms with Gasteiger partial charge in [-0.05, 0) is 19.1 Å². The van der Waals surface area contributed by atoms with Gasteiger partial charge in [-0.1, -0.05) is 6.07 Å². The molecule has 1 aromatic carbocycles. The minimum absolute atomic E-state index is 0.0721. The molecule has 6 heteroatoms. The van der Waals surface area contributed by atoms with E-state index in [1.54, 1.807) is 18.2 Å². The first-order chi connectivity index (χ1) is 9.08. The molecule has 1 saturated heterocycles. The van der Waals surface area contributed by atoms with Gasteiger partial charge in [-0.25, -0.2) is 0 Å². The van der Waals surface area contributed by atoms with Crippen LogP contribution in [-0.2, 0) is 4.79 Å². The van der Waals surface area contributed by atoms with E-state index in [1.165, 1.54) is 14.2 Å². The van der Waals surface area contributed by atoms with Crippen molar-refractivity contribution in [2.75, 3.05) is 14.2 Å². The van der Waals surface area contributed by atoms with Crippen molar-refractivity contribution in [2.24, 2.45) is 0 Å². The van der Waals surface area contributed by atoms with Crippen LogP contribution in [0.1, 0.15) is 17.3 Å². The second-order valence-corrected chi connectivity index (χ2v) is 4.29. The van der Waals surface area contributed by atoms with E-state index in [0.717, 1.165) is 0 Å². The molecule has 19 heavy (non-hydrogen) atoms. The van der Waals surface area contributed by atoms with Crippen molar-refractivity contribution in [3.8, 4) is 11.5 Å². The summed E-state index contributed by atoms with van der Waals surface area (Å²) >= 11 is 0. The molecule has 2 N–H and O–H groups in total. The average molecular weight is 264 g/mol. The van der Waals surface area contributed by atoms with Gasteiger partial charge in [-0.15, -0.1) is 0 Å². The molecule has 1 aliphatic rings. The summed E-state index contributed by atoms with van der Waals surface area (Å²) < 4.78 is 10.3. The van der Waals surface area contributed by atoms with E-state index in [4.69, 9.17) is 9.47 Å². The first kappa shape index (κ1) is 13.2. The summed E-state index contributed by atoms with van der Waals surface area (Å²) in [6.07, 6.45) is 0. The SMILES string of the molecule is COc1cccc(OC)c1C(=O)N[C@@H]1C(=O)NC1C. The molecule has 1 unspecified atom stereocenters. The molecule has 0 saturated carbocycles. The van der Waals surface area contributed by atoms with E-state index >= 15 is 0 Å². The lowest BCUT2D eigenvalue weighted by Crippen LogP contribution is -2.67. The zero-order chi connectivity index (χ0) is 14.0. The minimum atomic E-state index is -0.512. The smallest absolute Gasteiger partial charge is 0.259 e. The van der Waals surface area contributed by atoms with Crippen LogP contribution in [0, 0.1) is 0 Å². The standard InChI is InChI=1S/C13H16N2O4/c1-7-11(13(17)14-7)15-12(16)10-8(18-2)5-4-6-9(10)19-3/h4-7,11H,1-3H3,(H,14,17)(H,15,16)/t7?,11-/m0/s1. The summed E-state index contributed by atoms with van der Waals surface area (Å²) in [6.45, 7) is 1.83. The zero-order valence-corrected chi connectivity index (χ0v) is 11.0. The van der Waals surface area contributed by atoms with Gasteiger partial charge >= 0.3 is 0 Å². The molecule has 2 atom stereocenters. The lowest BCUT2D eigenvalue weighted by atomic mass is 10.0. The molecule has 0 spiro atoms. The van der Waals surface area contributed by atoms with E-state index in [-0.39, 0.29) is 17.9 Å². The van der Waals surface area contributed by atoms with Gasteiger partial charge in [0.15, 0.2) is 0 Å². The van der Waals surface area contributed by atoms with Crippen LogP contribution >= 0.6 is 0 Å². The predicted octanol–water partition coefficient (Wildman–Crippen LogP) is 0.320. The largest absolute Gasteiger partial charge is 0.496 e. The van der Waals surface area contributed by atoms with E-state index in [9.17, 15) is 9.59 Å². The topological polar surface area (TPSA) is 76.7 Å². The maximum Gasteiger partial charge on any atom is 0.259 e. The zero-order valence-electron chi connectivity index (χ0n) is 11.0. The molecule has 1 heterocycles. The fourth-order valence-corrected chi connectivity index (χ4v) is 2.01. The number of rotatable bonds is 4. The number of ether oxygens (including phenoxy) is 2. The third-order valence-corrected chi connectivity index (χ3v) is 3.09. The fraction of sp³-hybridized carbons (Fsp3) is 0.385. The van der Waals surface area contributed by atoms with Crippen LogP contribution in [0.4, 0.5) is 0 Å². The summed E-state index contributed by atoms with van der Waals surface area (Å²) in [6, 6.07) is 4.48. The van der Waals surface area contributed by atoms with Gasteiger partial charge in [-0.2, -0.15) is 0 Å². The van der Waals surface area contributed by atoms with Crippen LogP contribution in [0.25, 0.3) is 0 Å². The van der Waals surface area contributed by atoms with Crippen molar-refractivity contribution >= 4 is 11.8 Å². The number of benzene rings is 1. The molecular formula is C13H16N2O4. The Kier molecular flexibility index (Phi) is 3.59. The van der Waals surface area contributed by atoms with Crippen molar-refractivity contribution in [1.82, 2.24) is 10.6 Å². The Labute approximate surface area is 111 Å². The van der Waals surface area contributed by atoms with Crippen LogP contribution in [0.5, 0.6) is 11.5 Å². The number of amides is 2. The molecule has 1 aliphatic heterocycles. The van der Waals surface area contributed by atoms with Crippen molar-refractivity contribution in [3.05, 3.63) is 23.8 Å². The Hall–Kier alpha value is -2.24. The molecule has 2 amide bonds. The summed E-state index contributed by atoms with van der Waals surface area (Å²) in [4.78, 5) is 23.6. The third-order valence-electron chi connectivity index (χ3n) is 3.09. The van der Waals surface area contributed by atoms with Crippen LogP contribution < -0.4 is 20.1 Å². The Balaban J connectivity index is 2.25. The van der Waals surface area contributed by atoms with Crippen molar-refractivity contribution in [1.29, 1.82) is 0 Å². The molecule has 2 rings (SSSR count). The third kappa shape index (κ3) is 2.33. The molecule has 0 radical (unpaired) electrons. The maximum atomic E-state index is 12.2. The molecule has 6 nitrogen and oxygen atoms in total. The van der Waals surface area contributed by atoms with Crippen molar-refractivity contribution < 1.29 is 19.1 Å². The molecule has 1 fully saturated rings. The first-order valence-electron chi connectivity index (χ1n) is 5.90. The van der Waals surface area contributed by atoms with Gasteiger partial charge in [0.05, 0.1) is 20.3 Å². The Bertz CT molecular complexity index is 493. The quantitative estimate of drug-likeness (QED) is 0.768. The lowest BCUT2D eigenvalue weighted by molar-refractivity contribution is -0.130. The highest BCUT2D eigenvalue weighted by molar-refractivity contribution is 6.03. The van der Waals surface area contributed by atoms with Crippen LogP contribution in [-0.4, -0.2) is 38.1 Å². The van der Waals surface area contributed by atoms with E-state index < -0.39 is 6.04 Å². The van der Waals surface area contributed by atoms with E-state index in [1.807, 2.05) is 6.92 Å². The fourth-order valence-electron chi connectivity index (χ4n) is 2.01. The van der Waals surface area contributed by atoms with Crippen molar-refractivity contribution in [3.63, 3.8) is 0 Å². The van der Waals surface area contributed by atoms with Gasteiger partial charge in [0.2, 0.25) is 5.91 Å². The van der Waals surface area contributed by atoms with Gasteiger partial charge in [0.1, 0.15) is 23.1 Å². The Morgan fingerprint density at radius 2 is 1.84 bits per heavy atom. The maximum absolute atomic E-state index is 12.2. The number of carbonyl (C=O) groups is 2. The number of carbonyl (C=O) groups excluding carboxylic acids is 2. The highest BCUT2D eigenvalue weighted by atomic mass is 16.5. The predicted molar refractivity (Wildman–Crippen MR) is 68.4 cm³/mol. The number of hydrogen-bond acceptors (Lipinski definition) is 4. The molecule has 0 aliphatic carbocycles. The van der Waals surface area contributed by atoms with Crippen LogP contribution in [0.3, 0.4) is 0 Å². The average Bonchev–Trinajstić information content (AvgIpc) is 2.43. The highest BCUT2D eigenvalue weighted by Crippen LogP contribution is 2.28. The number of hydrogen-bond donors (Lipinski definition) is 2. The van der Waals surface area contributed by atoms with Gasteiger partial charge < -0.3 is 20.1 Å². The van der Waals surface area contributed by atoms with Crippen LogP contribution in [0.2, 0.25) is 0 Å². The summed E-state index contributed by atoms with van der Waals surface area (Å²) in [7, 11) is 2.95. The summed E-state index contributed by atoms with van der Waals surface area (Å²) in [5.41, 5.74) is 0.291. The Morgan fingerprint density at radius 1 is 1.26 bits per heavy atom. The molecule has 0 bridgehead atoms.